The Bertz CT molecular complexity index is 828. The van der Waals surface area contributed by atoms with E-state index in [0.717, 1.165) is 24.7 Å². The van der Waals surface area contributed by atoms with Crippen molar-refractivity contribution in [2.45, 2.75) is 11.6 Å². The van der Waals surface area contributed by atoms with Gasteiger partial charge in [0.25, 0.3) is 0 Å². The third-order valence-electron chi connectivity index (χ3n) is 2.76. The van der Waals surface area contributed by atoms with Crippen molar-refractivity contribution in [3.05, 3.63) is 36.2 Å². The highest BCUT2D eigenvalue weighted by Gasteiger charge is 2.33. The minimum Gasteiger partial charge on any atom is -0.468 e. The molecule has 0 saturated carbocycles. The van der Waals surface area contributed by atoms with Gasteiger partial charge in [0.15, 0.2) is 12.4 Å². The predicted molar refractivity (Wildman–Crippen MR) is 76.8 cm³/mol. The Morgan fingerprint density at radius 1 is 1.16 bits per heavy atom. The standard InChI is InChI=1S/C13H9ClF5N5O/c14-13(18,19)11(21)24-5-8(22-4-9(24)20)7-1-2-10(23-3-7)25-6-12(15,16)17/h1-5,20-21H,6H2. The molecular weight excluding hydrogens is 373 g/mol. The van der Waals surface area contributed by atoms with Crippen LogP contribution in [0.2, 0.25) is 0 Å². The van der Waals surface area contributed by atoms with Gasteiger partial charge >= 0.3 is 11.6 Å². The van der Waals surface area contributed by atoms with Gasteiger partial charge in [-0.15, -0.1) is 0 Å². The van der Waals surface area contributed by atoms with Crippen LogP contribution in [0.4, 0.5) is 22.0 Å². The van der Waals surface area contributed by atoms with E-state index < -0.39 is 29.5 Å². The third-order valence-corrected chi connectivity index (χ3v) is 2.94. The van der Waals surface area contributed by atoms with Gasteiger partial charge in [0.2, 0.25) is 5.88 Å². The Kier molecular flexibility index (Phi) is 5.07. The summed E-state index contributed by atoms with van der Waals surface area (Å²) in [5.74, 6) is -1.63. The van der Waals surface area contributed by atoms with Crippen LogP contribution in [0.1, 0.15) is 0 Å². The van der Waals surface area contributed by atoms with Crippen LogP contribution in [0.3, 0.4) is 0 Å². The van der Waals surface area contributed by atoms with E-state index in [1.165, 1.54) is 6.07 Å². The van der Waals surface area contributed by atoms with E-state index >= 15 is 0 Å². The molecule has 0 unspecified atom stereocenters. The summed E-state index contributed by atoms with van der Waals surface area (Å²) >= 11 is 4.78. The zero-order valence-corrected chi connectivity index (χ0v) is 12.9. The van der Waals surface area contributed by atoms with Gasteiger partial charge in [0.05, 0.1) is 11.9 Å². The second-order valence-corrected chi connectivity index (χ2v) is 5.14. The highest BCUT2D eigenvalue weighted by Crippen LogP contribution is 2.23. The van der Waals surface area contributed by atoms with Crippen LogP contribution in [0.5, 0.6) is 5.88 Å². The van der Waals surface area contributed by atoms with Crippen LogP contribution in [-0.4, -0.2) is 38.5 Å². The summed E-state index contributed by atoms with van der Waals surface area (Å²) in [7, 11) is 0. The van der Waals surface area contributed by atoms with Crippen molar-refractivity contribution in [1.82, 2.24) is 14.5 Å². The molecule has 2 N–H and O–H groups in total. The van der Waals surface area contributed by atoms with Crippen molar-refractivity contribution in [3.8, 4) is 17.1 Å². The van der Waals surface area contributed by atoms with E-state index in [4.69, 9.17) is 22.4 Å². The average Bonchev–Trinajstić information content (AvgIpc) is 2.52. The average molecular weight is 382 g/mol. The molecule has 0 spiro atoms. The van der Waals surface area contributed by atoms with E-state index in [1.54, 1.807) is 0 Å². The first-order valence-corrected chi connectivity index (χ1v) is 6.80. The number of aromatic nitrogens is 3. The van der Waals surface area contributed by atoms with Crippen molar-refractivity contribution in [2.24, 2.45) is 0 Å². The molecule has 2 rings (SSSR count). The number of nitrogens with one attached hydrogen (secondary N) is 2. The molecule has 0 saturated heterocycles. The Labute approximate surface area is 141 Å². The molecule has 0 aliphatic carbocycles. The molecule has 0 radical (unpaired) electrons. The maximum Gasteiger partial charge on any atom is 0.422 e. The van der Waals surface area contributed by atoms with Crippen LogP contribution in [0.25, 0.3) is 11.3 Å². The Morgan fingerprint density at radius 3 is 2.36 bits per heavy atom. The van der Waals surface area contributed by atoms with Gasteiger partial charge in [-0.1, -0.05) is 0 Å². The summed E-state index contributed by atoms with van der Waals surface area (Å²) in [6, 6.07) is 2.45. The van der Waals surface area contributed by atoms with Crippen molar-refractivity contribution < 1.29 is 26.7 Å². The van der Waals surface area contributed by atoms with Gasteiger partial charge < -0.3 is 4.74 Å². The zero-order chi connectivity index (χ0) is 18.8. The monoisotopic (exact) mass is 381 g/mol. The number of alkyl halides is 6. The van der Waals surface area contributed by atoms with Crippen molar-refractivity contribution >= 4 is 17.4 Å². The first-order chi connectivity index (χ1) is 11.5. The lowest BCUT2D eigenvalue weighted by molar-refractivity contribution is -0.154. The lowest BCUT2D eigenvalue weighted by Crippen LogP contribution is -2.36. The fourth-order valence-electron chi connectivity index (χ4n) is 1.66. The molecule has 2 heterocycles. The number of hydrogen-bond donors (Lipinski definition) is 2. The van der Waals surface area contributed by atoms with Crippen molar-refractivity contribution in [3.63, 3.8) is 0 Å². The quantitative estimate of drug-likeness (QED) is 0.369. The number of rotatable bonds is 4. The first-order valence-electron chi connectivity index (χ1n) is 6.43. The Morgan fingerprint density at radius 2 is 1.84 bits per heavy atom. The second kappa shape index (κ2) is 6.75. The number of ether oxygens (including phenoxy) is 1. The van der Waals surface area contributed by atoms with Crippen LogP contribution >= 0.6 is 11.6 Å². The van der Waals surface area contributed by atoms with Crippen LogP contribution in [-0.2, 0) is 0 Å². The molecule has 134 valence electrons. The van der Waals surface area contributed by atoms with E-state index in [1.807, 2.05) is 0 Å². The van der Waals surface area contributed by atoms with Crippen molar-refractivity contribution in [1.29, 1.82) is 10.8 Å². The highest BCUT2D eigenvalue weighted by molar-refractivity contribution is 6.32. The van der Waals surface area contributed by atoms with Gasteiger partial charge in [0, 0.05) is 24.0 Å². The van der Waals surface area contributed by atoms with Crippen LogP contribution in [0.15, 0.2) is 30.7 Å². The molecule has 6 nitrogen and oxygen atoms in total. The molecule has 0 aliphatic rings. The number of halogens is 6. The highest BCUT2D eigenvalue weighted by atomic mass is 35.5. The summed E-state index contributed by atoms with van der Waals surface area (Å²) < 4.78 is 67.2. The minimum absolute atomic E-state index is 0.0524. The molecule has 0 fully saturated rings. The predicted octanol–water partition coefficient (Wildman–Crippen LogP) is 3.02. The summed E-state index contributed by atoms with van der Waals surface area (Å²) in [5.41, 5.74) is -0.206. The largest absolute Gasteiger partial charge is 0.468 e. The molecule has 0 aromatic carbocycles. The lowest BCUT2D eigenvalue weighted by Gasteiger charge is -2.13. The van der Waals surface area contributed by atoms with Gasteiger partial charge in [0.1, 0.15) is 5.49 Å². The zero-order valence-electron chi connectivity index (χ0n) is 12.1. The maximum atomic E-state index is 13.0. The second-order valence-electron chi connectivity index (χ2n) is 4.66. The van der Waals surface area contributed by atoms with E-state index in [2.05, 4.69) is 14.7 Å². The topological polar surface area (TPSA) is 87.6 Å². The van der Waals surface area contributed by atoms with Gasteiger partial charge in [-0.2, -0.15) is 22.0 Å². The summed E-state index contributed by atoms with van der Waals surface area (Å²) in [6.07, 6.45) is -1.51. The molecule has 12 heteroatoms. The summed E-state index contributed by atoms with van der Waals surface area (Å²) in [4.78, 5) is 7.49. The summed E-state index contributed by atoms with van der Waals surface area (Å²) in [5, 5.41) is 10.8. The Balaban J connectivity index is 2.28. The number of hydrogen-bond acceptors (Lipinski definition) is 5. The van der Waals surface area contributed by atoms with E-state index in [-0.39, 0.29) is 17.1 Å². The lowest BCUT2D eigenvalue weighted by atomic mass is 10.2. The number of nitrogens with zero attached hydrogens (tertiary/aromatic N) is 3. The van der Waals surface area contributed by atoms with Crippen LogP contribution in [0, 0.1) is 10.8 Å². The van der Waals surface area contributed by atoms with Gasteiger partial charge in [-0.25, -0.2) is 4.98 Å². The molecular formula is C13H9ClF5N5O. The molecule has 0 amide bonds. The maximum absolute atomic E-state index is 13.0. The SMILES string of the molecule is N=C(n1cc(-c2ccc(OCC(F)(F)F)nc2)ncc1=N)C(F)(F)Cl. The first kappa shape index (κ1) is 18.8. The molecule has 0 aliphatic heterocycles. The minimum atomic E-state index is -4.51. The summed E-state index contributed by atoms with van der Waals surface area (Å²) in [6.45, 7) is -1.51. The molecule has 0 atom stereocenters. The normalized spacial score (nSPS) is 12.1. The van der Waals surface area contributed by atoms with Gasteiger partial charge in [-0.05, 0) is 17.7 Å². The van der Waals surface area contributed by atoms with E-state index in [0.29, 0.717) is 4.57 Å². The van der Waals surface area contributed by atoms with Crippen LogP contribution < -0.4 is 10.2 Å². The Hall–Kier alpha value is -2.56. The van der Waals surface area contributed by atoms with Crippen molar-refractivity contribution in [2.75, 3.05) is 6.61 Å². The smallest absolute Gasteiger partial charge is 0.422 e. The number of pyridine rings is 1. The fourth-order valence-corrected chi connectivity index (χ4v) is 1.75. The molecule has 2 aromatic heterocycles. The molecule has 25 heavy (non-hydrogen) atoms. The third kappa shape index (κ3) is 4.95. The fraction of sp³-hybridized carbons (Fsp3) is 0.231. The van der Waals surface area contributed by atoms with Gasteiger partial charge in [-0.3, -0.25) is 20.4 Å². The van der Waals surface area contributed by atoms with E-state index in [9.17, 15) is 22.0 Å². The molecule has 2 aromatic rings. The molecule has 0 bridgehead atoms.